The van der Waals surface area contributed by atoms with E-state index in [0.29, 0.717) is 0 Å². The van der Waals surface area contributed by atoms with Crippen LogP contribution in [-0.4, -0.2) is 12.1 Å². The monoisotopic (exact) mass is 226 g/mol. The molecular formula is C11H18N2OS. The molecule has 0 saturated carbocycles. The molecule has 84 valence electrons. The third-order valence-electron chi connectivity index (χ3n) is 2.94. The highest BCUT2D eigenvalue weighted by molar-refractivity contribution is 7.11. The van der Waals surface area contributed by atoms with Crippen molar-refractivity contribution >= 4 is 11.3 Å². The molecule has 0 aliphatic heterocycles. The van der Waals surface area contributed by atoms with Gasteiger partial charge in [-0.05, 0) is 25.7 Å². The average Bonchev–Trinajstić information content (AvgIpc) is 2.65. The third kappa shape index (κ3) is 2.07. The fourth-order valence-corrected chi connectivity index (χ4v) is 3.36. The van der Waals surface area contributed by atoms with E-state index in [1.54, 1.807) is 18.4 Å². The SMILES string of the molecule is CCC(OC)c1nc2c(s1)C(N)CCC2. The summed E-state index contributed by atoms with van der Waals surface area (Å²) in [6.07, 6.45) is 4.46. The van der Waals surface area contributed by atoms with E-state index < -0.39 is 0 Å². The van der Waals surface area contributed by atoms with Gasteiger partial charge in [0.05, 0.1) is 5.69 Å². The van der Waals surface area contributed by atoms with Crippen molar-refractivity contribution in [3.8, 4) is 0 Å². The molecule has 1 aliphatic carbocycles. The molecule has 1 aromatic heterocycles. The summed E-state index contributed by atoms with van der Waals surface area (Å²) in [7, 11) is 1.74. The molecule has 1 aliphatic rings. The lowest BCUT2D eigenvalue weighted by Crippen LogP contribution is -2.15. The Balaban J connectivity index is 2.28. The molecule has 15 heavy (non-hydrogen) atoms. The number of hydrogen-bond acceptors (Lipinski definition) is 4. The first-order chi connectivity index (χ1) is 7.26. The Bertz CT molecular complexity index is 333. The van der Waals surface area contributed by atoms with Crippen molar-refractivity contribution in [2.75, 3.05) is 7.11 Å². The van der Waals surface area contributed by atoms with Crippen LogP contribution < -0.4 is 5.73 Å². The zero-order valence-electron chi connectivity index (χ0n) is 9.32. The zero-order valence-corrected chi connectivity index (χ0v) is 10.1. The molecule has 2 rings (SSSR count). The van der Waals surface area contributed by atoms with Crippen LogP contribution in [0.25, 0.3) is 0 Å². The van der Waals surface area contributed by atoms with Crippen LogP contribution in [0.15, 0.2) is 0 Å². The highest BCUT2D eigenvalue weighted by atomic mass is 32.1. The first-order valence-corrected chi connectivity index (χ1v) is 6.35. The highest BCUT2D eigenvalue weighted by Gasteiger charge is 2.24. The van der Waals surface area contributed by atoms with E-state index in [0.717, 1.165) is 24.3 Å². The van der Waals surface area contributed by atoms with Crippen LogP contribution in [0, 0.1) is 0 Å². The van der Waals surface area contributed by atoms with Gasteiger partial charge in [-0.25, -0.2) is 4.98 Å². The smallest absolute Gasteiger partial charge is 0.122 e. The van der Waals surface area contributed by atoms with E-state index in [-0.39, 0.29) is 12.1 Å². The van der Waals surface area contributed by atoms with Crippen LogP contribution in [0.5, 0.6) is 0 Å². The summed E-state index contributed by atoms with van der Waals surface area (Å²) < 4.78 is 5.41. The minimum absolute atomic E-state index is 0.146. The highest BCUT2D eigenvalue weighted by Crippen LogP contribution is 2.36. The fourth-order valence-electron chi connectivity index (χ4n) is 2.05. The zero-order chi connectivity index (χ0) is 10.8. The molecule has 1 heterocycles. The van der Waals surface area contributed by atoms with Crippen LogP contribution in [0.3, 0.4) is 0 Å². The maximum Gasteiger partial charge on any atom is 0.122 e. The first-order valence-electron chi connectivity index (χ1n) is 5.54. The van der Waals surface area contributed by atoms with Crippen molar-refractivity contribution in [1.29, 1.82) is 0 Å². The maximum absolute atomic E-state index is 6.07. The van der Waals surface area contributed by atoms with E-state index in [2.05, 4.69) is 11.9 Å². The lowest BCUT2D eigenvalue weighted by atomic mass is 9.99. The molecule has 0 amide bonds. The van der Waals surface area contributed by atoms with Gasteiger partial charge in [-0.3, -0.25) is 0 Å². The standard InChI is InChI=1S/C11H18N2OS/c1-3-9(14-2)11-13-8-6-4-5-7(12)10(8)15-11/h7,9H,3-6,12H2,1-2H3. The number of fused-ring (bicyclic) bond motifs is 1. The molecule has 0 aromatic carbocycles. The quantitative estimate of drug-likeness (QED) is 0.861. The van der Waals surface area contributed by atoms with Gasteiger partial charge in [-0.1, -0.05) is 6.92 Å². The van der Waals surface area contributed by atoms with E-state index in [1.807, 2.05) is 0 Å². The van der Waals surface area contributed by atoms with E-state index >= 15 is 0 Å². The van der Waals surface area contributed by atoms with E-state index in [4.69, 9.17) is 10.5 Å². The molecule has 0 saturated heterocycles. The minimum Gasteiger partial charge on any atom is -0.374 e. The van der Waals surface area contributed by atoms with Crippen LogP contribution in [0.4, 0.5) is 0 Å². The molecule has 0 bridgehead atoms. The predicted octanol–water partition coefficient (Wildman–Crippen LogP) is 2.58. The largest absolute Gasteiger partial charge is 0.374 e. The molecule has 4 heteroatoms. The summed E-state index contributed by atoms with van der Waals surface area (Å²) in [6, 6.07) is 0.203. The van der Waals surface area contributed by atoms with Gasteiger partial charge < -0.3 is 10.5 Å². The summed E-state index contributed by atoms with van der Waals surface area (Å²) >= 11 is 1.74. The molecule has 1 aromatic rings. The lowest BCUT2D eigenvalue weighted by molar-refractivity contribution is 0.0996. The Hall–Kier alpha value is -0.450. The fraction of sp³-hybridized carbons (Fsp3) is 0.727. The molecular weight excluding hydrogens is 208 g/mol. The van der Waals surface area contributed by atoms with Gasteiger partial charge >= 0.3 is 0 Å². The van der Waals surface area contributed by atoms with Gasteiger partial charge in [0.25, 0.3) is 0 Å². The maximum atomic E-state index is 6.07. The van der Waals surface area contributed by atoms with Gasteiger partial charge in [0.1, 0.15) is 11.1 Å². The summed E-state index contributed by atoms with van der Waals surface area (Å²) in [4.78, 5) is 5.94. The molecule has 2 unspecified atom stereocenters. The Morgan fingerprint density at radius 1 is 1.67 bits per heavy atom. The second-order valence-corrected chi connectivity index (χ2v) is 5.06. The minimum atomic E-state index is 0.146. The summed E-state index contributed by atoms with van der Waals surface area (Å²) in [5.74, 6) is 0. The molecule has 0 spiro atoms. The van der Waals surface area contributed by atoms with Crippen molar-refractivity contribution in [3.05, 3.63) is 15.6 Å². The number of aryl methyl sites for hydroxylation is 1. The van der Waals surface area contributed by atoms with E-state index in [9.17, 15) is 0 Å². The number of nitrogens with zero attached hydrogens (tertiary/aromatic N) is 1. The third-order valence-corrected chi connectivity index (χ3v) is 4.26. The normalized spacial score (nSPS) is 22.5. The number of hydrogen-bond donors (Lipinski definition) is 1. The van der Waals surface area contributed by atoms with Crippen molar-refractivity contribution < 1.29 is 4.74 Å². The molecule has 2 atom stereocenters. The molecule has 3 nitrogen and oxygen atoms in total. The molecule has 2 N–H and O–H groups in total. The molecule has 0 fully saturated rings. The number of nitrogens with two attached hydrogens (primary N) is 1. The van der Waals surface area contributed by atoms with Crippen molar-refractivity contribution in [1.82, 2.24) is 4.98 Å². The van der Waals surface area contributed by atoms with Gasteiger partial charge in [0.2, 0.25) is 0 Å². The van der Waals surface area contributed by atoms with Crippen LogP contribution in [-0.2, 0) is 11.2 Å². The van der Waals surface area contributed by atoms with Crippen LogP contribution >= 0.6 is 11.3 Å². The number of rotatable bonds is 3. The summed E-state index contributed by atoms with van der Waals surface area (Å²) in [5, 5.41) is 1.10. The van der Waals surface area contributed by atoms with Gasteiger partial charge in [0, 0.05) is 18.0 Å². The second-order valence-electron chi connectivity index (χ2n) is 3.99. The predicted molar refractivity (Wildman–Crippen MR) is 62.0 cm³/mol. The van der Waals surface area contributed by atoms with Crippen LogP contribution in [0.1, 0.15) is 53.9 Å². The van der Waals surface area contributed by atoms with Crippen molar-refractivity contribution in [2.45, 2.75) is 44.8 Å². The van der Waals surface area contributed by atoms with Crippen molar-refractivity contribution in [2.24, 2.45) is 5.73 Å². The Kier molecular flexibility index (Phi) is 3.38. The number of methoxy groups -OCH3 is 1. The number of thiazole rings is 1. The topological polar surface area (TPSA) is 48.1 Å². The summed E-state index contributed by atoms with van der Waals surface area (Å²) in [5.41, 5.74) is 7.28. The average molecular weight is 226 g/mol. The Morgan fingerprint density at radius 2 is 2.47 bits per heavy atom. The van der Waals surface area contributed by atoms with E-state index in [1.165, 1.54) is 17.0 Å². The van der Waals surface area contributed by atoms with Gasteiger partial charge in [-0.15, -0.1) is 11.3 Å². The Labute approximate surface area is 94.7 Å². The van der Waals surface area contributed by atoms with Crippen molar-refractivity contribution in [3.63, 3.8) is 0 Å². The van der Waals surface area contributed by atoms with Gasteiger partial charge in [-0.2, -0.15) is 0 Å². The van der Waals surface area contributed by atoms with Gasteiger partial charge in [0.15, 0.2) is 0 Å². The molecule has 0 radical (unpaired) electrons. The number of ether oxygens (including phenoxy) is 1. The first kappa shape index (κ1) is 11.0. The summed E-state index contributed by atoms with van der Waals surface area (Å²) in [6.45, 7) is 2.12. The second kappa shape index (κ2) is 4.60. The number of aromatic nitrogens is 1. The lowest BCUT2D eigenvalue weighted by Gasteiger charge is -2.15. The van der Waals surface area contributed by atoms with Crippen LogP contribution in [0.2, 0.25) is 0 Å². The Morgan fingerprint density at radius 3 is 3.07 bits per heavy atom.